The van der Waals surface area contributed by atoms with Gasteiger partial charge in [0.2, 0.25) is 5.91 Å². The Labute approximate surface area is 166 Å². The number of imidazole rings is 1. The number of carbonyl (C=O) groups excluding carboxylic acids is 1. The number of nitrogens with zero attached hydrogens (tertiary/aromatic N) is 4. The summed E-state index contributed by atoms with van der Waals surface area (Å²) < 4.78 is 28.5. The number of anilines is 1. The fraction of sp³-hybridized carbons (Fsp3) is 0.474. The van der Waals surface area contributed by atoms with Crippen LogP contribution in [-0.4, -0.2) is 55.4 Å². The first-order chi connectivity index (χ1) is 13.3. The highest BCUT2D eigenvalue weighted by molar-refractivity contribution is 7.89. The molecule has 1 aromatic heterocycles. The summed E-state index contributed by atoms with van der Waals surface area (Å²) >= 11 is 0. The highest BCUT2D eigenvalue weighted by atomic mass is 32.2. The van der Waals surface area contributed by atoms with Crippen LogP contribution in [0.15, 0.2) is 41.8 Å². The van der Waals surface area contributed by atoms with E-state index >= 15 is 0 Å². The monoisotopic (exact) mass is 405 g/mol. The summed E-state index contributed by atoms with van der Waals surface area (Å²) in [5, 5.41) is 2.96. The molecule has 9 heteroatoms. The molecule has 1 fully saturated rings. The van der Waals surface area contributed by atoms with Gasteiger partial charge in [0, 0.05) is 52.7 Å². The average molecular weight is 406 g/mol. The highest BCUT2D eigenvalue weighted by Gasteiger charge is 2.34. The van der Waals surface area contributed by atoms with Gasteiger partial charge < -0.3 is 14.8 Å². The van der Waals surface area contributed by atoms with Crippen molar-refractivity contribution in [3.05, 3.63) is 42.4 Å². The van der Waals surface area contributed by atoms with Crippen molar-refractivity contribution in [3.63, 3.8) is 0 Å². The third kappa shape index (κ3) is 4.53. The number of carbonyl (C=O) groups is 1. The minimum Gasteiger partial charge on any atom is -0.378 e. The van der Waals surface area contributed by atoms with E-state index in [1.165, 1.54) is 16.8 Å². The number of aromatic nitrogens is 2. The van der Waals surface area contributed by atoms with E-state index in [0.717, 1.165) is 11.3 Å². The van der Waals surface area contributed by atoms with Crippen molar-refractivity contribution in [1.29, 1.82) is 0 Å². The van der Waals surface area contributed by atoms with Gasteiger partial charge >= 0.3 is 0 Å². The molecule has 2 aromatic rings. The second-order valence-corrected chi connectivity index (χ2v) is 9.24. The first-order valence-electron chi connectivity index (χ1n) is 9.29. The van der Waals surface area contributed by atoms with Crippen LogP contribution in [0.3, 0.4) is 0 Å². The second-order valence-electron chi connectivity index (χ2n) is 7.36. The maximum atomic E-state index is 12.7. The van der Waals surface area contributed by atoms with Crippen LogP contribution in [0.1, 0.15) is 18.4 Å². The molecular formula is C19H27N5O3S. The van der Waals surface area contributed by atoms with Gasteiger partial charge in [0.25, 0.3) is 10.0 Å². The third-order valence-corrected chi connectivity index (χ3v) is 6.71. The third-order valence-electron chi connectivity index (χ3n) is 4.96. The van der Waals surface area contributed by atoms with E-state index < -0.39 is 10.0 Å². The molecule has 2 heterocycles. The number of amides is 1. The summed E-state index contributed by atoms with van der Waals surface area (Å²) in [5.74, 6) is -0.467. The lowest BCUT2D eigenvalue weighted by Crippen LogP contribution is -2.45. The van der Waals surface area contributed by atoms with Gasteiger partial charge in [-0.15, -0.1) is 0 Å². The average Bonchev–Trinajstić information content (AvgIpc) is 3.13. The number of benzene rings is 1. The van der Waals surface area contributed by atoms with E-state index in [1.54, 1.807) is 11.6 Å². The molecule has 3 rings (SSSR count). The van der Waals surface area contributed by atoms with Gasteiger partial charge in [-0.2, -0.15) is 4.31 Å². The van der Waals surface area contributed by atoms with Crippen molar-refractivity contribution in [1.82, 2.24) is 19.2 Å². The second kappa shape index (κ2) is 8.32. The molecule has 8 nitrogen and oxygen atoms in total. The minimum absolute atomic E-state index is 0.0250. The van der Waals surface area contributed by atoms with E-state index in [9.17, 15) is 13.2 Å². The van der Waals surface area contributed by atoms with Gasteiger partial charge in [0.1, 0.15) is 0 Å². The summed E-state index contributed by atoms with van der Waals surface area (Å²) in [5.41, 5.74) is 2.10. The molecular weight excluding hydrogens is 378 g/mol. The Bertz CT molecular complexity index is 921. The topological polar surface area (TPSA) is 87.5 Å². The minimum atomic E-state index is -3.67. The molecule has 0 unspecified atom stereocenters. The van der Waals surface area contributed by atoms with E-state index in [-0.39, 0.29) is 23.4 Å². The molecule has 1 aromatic carbocycles. The molecule has 1 atom stereocenters. The normalized spacial score (nSPS) is 18.0. The molecule has 1 N–H and O–H groups in total. The number of aryl methyl sites for hydroxylation is 1. The van der Waals surface area contributed by atoms with E-state index in [1.807, 2.05) is 43.3 Å². The summed E-state index contributed by atoms with van der Waals surface area (Å²) in [6, 6.07) is 7.97. The van der Waals surface area contributed by atoms with Gasteiger partial charge in [0.15, 0.2) is 5.03 Å². The standard InChI is InChI=1S/C19H27N5O3S/c1-22(2)17-8-6-15(7-9-17)11-20-19(25)16-5-4-10-24(12-16)28(26,27)18-13-23(3)14-21-18/h6-9,13-14,16H,4-5,10-12H2,1-3H3,(H,20,25)/t16-/m1/s1. The molecule has 0 aliphatic carbocycles. The number of rotatable bonds is 6. The quantitative estimate of drug-likeness (QED) is 0.780. The zero-order chi connectivity index (χ0) is 20.3. The molecule has 0 radical (unpaired) electrons. The number of sulfonamides is 1. The number of piperidine rings is 1. The van der Waals surface area contributed by atoms with E-state index in [2.05, 4.69) is 10.3 Å². The van der Waals surface area contributed by atoms with E-state index in [0.29, 0.717) is 25.9 Å². The molecule has 0 spiro atoms. The lowest BCUT2D eigenvalue weighted by molar-refractivity contribution is -0.126. The molecule has 1 aliphatic rings. The zero-order valence-electron chi connectivity index (χ0n) is 16.5. The van der Waals surface area contributed by atoms with Crippen LogP contribution in [0.25, 0.3) is 0 Å². The Kier molecular flexibility index (Phi) is 6.04. The van der Waals surface area contributed by atoms with Gasteiger partial charge in [0.05, 0.1) is 12.2 Å². The summed E-state index contributed by atoms with van der Waals surface area (Å²) in [7, 11) is 2.01. The maximum Gasteiger partial charge on any atom is 0.262 e. The number of nitrogens with one attached hydrogen (secondary N) is 1. The van der Waals surface area contributed by atoms with Crippen molar-refractivity contribution < 1.29 is 13.2 Å². The zero-order valence-corrected chi connectivity index (χ0v) is 17.3. The largest absolute Gasteiger partial charge is 0.378 e. The van der Waals surface area contributed by atoms with E-state index in [4.69, 9.17) is 0 Å². The molecule has 0 bridgehead atoms. The predicted octanol–water partition coefficient (Wildman–Crippen LogP) is 1.20. The number of hydrogen-bond donors (Lipinski definition) is 1. The predicted molar refractivity (Wildman–Crippen MR) is 107 cm³/mol. The summed E-state index contributed by atoms with van der Waals surface area (Å²) in [6.07, 6.45) is 4.28. The van der Waals surface area contributed by atoms with Crippen molar-refractivity contribution in [2.24, 2.45) is 13.0 Å². The number of hydrogen-bond acceptors (Lipinski definition) is 5. The van der Waals surface area contributed by atoms with Gasteiger partial charge in [-0.1, -0.05) is 12.1 Å². The first kappa shape index (κ1) is 20.3. The Balaban J connectivity index is 1.59. The van der Waals surface area contributed by atoms with Crippen molar-refractivity contribution in [3.8, 4) is 0 Å². The SMILES string of the molecule is CN(C)c1ccc(CNC(=O)[C@@H]2CCCN(S(=O)(=O)c3cn(C)cn3)C2)cc1. The Morgan fingerprint density at radius 2 is 2.00 bits per heavy atom. The maximum absolute atomic E-state index is 12.7. The van der Waals surface area contributed by atoms with Crippen LogP contribution in [0.4, 0.5) is 5.69 Å². The van der Waals surface area contributed by atoms with Crippen molar-refractivity contribution in [2.45, 2.75) is 24.4 Å². The van der Waals surface area contributed by atoms with Crippen LogP contribution in [-0.2, 0) is 28.4 Å². The lowest BCUT2D eigenvalue weighted by Gasteiger charge is -2.30. The smallest absolute Gasteiger partial charge is 0.262 e. The lowest BCUT2D eigenvalue weighted by atomic mass is 9.99. The van der Waals surface area contributed by atoms with Gasteiger partial charge in [-0.05, 0) is 30.5 Å². The van der Waals surface area contributed by atoms with Crippen LogP contribution in [0, 0.1) is 5.92 Å². The van der Waals surface area contributed by atoms with Gasteiger partial charge in [-0.3, -0.25) is 4.79 Å². The molecule has 152 valence electrons. The fourth-order valence-corrected chi connectivity index (χ4v) is 4.76. The van der Waals surface area contributed by atoms with Crippen LogP contribution in [0.2, 0.25) is 0 Å². The fourth-order valence-electron chi connectivity index (χ4n) is 3.27. The van der Waals surface area contributed by atoms with Crippen LogP contribution >= 0.6 is 0 Å². The highest BCUT2D eigenvalue weighted by Crippen LogP contribution is 2.23. The molecule has 1 amide bonds. The summed E-state index contributed by atoms with van der Waals surface area (Å²) in [6.45, 7) is 1.02. The molecule has 1 saturated heterocycles. The first-order valence-corrected chi connectivity index (χ1v) is 10.7. The molecule has 1 aliphatic heterocycles. The van der Waals surface area contributed by atoms with Crippen molar-refractivity contribution in [2.75, 3.05) is 32.1 Å². The Morgan fingerprint density at radius 3 is 2.61 bits per heavy atom. The van der Waals surface area contributed by atoms with Crippen LogP contribution in [0.5, 0.6) is 0 Å². The Morgan fingerprint density at radius 1 is 1.29 bits per heavy atom. The summed E-state index contributed by atoms with van der Waals surface area (Å²) in [4.78, 5) is 18.6. The van der Waals surface area contributed by atoms with Crippen molar-refractivity contribution >= 4 is 21.6 Å². The van der Waals surface area contributed by atoms with Gasteiger partial charge in [-0.25, -0.2) is 13.4 Å². The molecule has 0 saturated carbocycles. The van der Waals surface area contributed by atoms with Crippen LogP contribution < -0.4 is 10.2 Å². The Hall–Kier alpha value is -2.39. The molecule has 28 heavy (non-hydrogen) atoms.